The number of hydrogen-bond donors (Lipinski definition) is 1. The lowest BCUT2D eigenvalue weighted by atomic mass is 10.1. The van der Waals surface area contributed by atoms with Gasteiger partial charge in [0.2, 0.25) is 0 Å². The van der Waals surface area contributed by atoms with E-state index < -0.39 is 28.0 Å². The normalized spacial score (nSPS) is 10.3. The number of rotatable bonds is 6. The first-order valence-corrected chi connectivity index (χ1v) is 5.88. The SMILES string of the molecule is CCCN(CC)c1cc(C(=O)O)c([N+](=O)[O-])cc1F. The Morgan fingerprint density at radius 1 is 1.47 bits per heavy atom. The maximum Gasteiger partial charge on any atom is 0.342 e. The third-order valence-corrected chi connectivity index (χ3v) is 2.71. The molecule has 1 aromatic rings. The third kappa shape index (κ3) is 3.18. The van der Waals surface area contributed by atoms with Gasteiger partial charge in [-0.1, -0.05) is 6.92 Å². The lowest BCUT2D eigenvalue weighted by Gasteiger charge is -2.23. The summed E-state index contributed by atoms with van der Waals surface area (Å²) in [4.78, 5) is 22.5. The molecule has 0 bridgehead atoms. The van der Waals surface area contributed by atoms with Crippen LogP contribution in [0.3, 0.4) is 0 Å². The standard InChI is InChI=1S/C12H15FN2O4/c1-3-5-14(4-2)11-6-8(12(16)17)10(15(18)19)7-9(11)13/h6-7H,3-5H2,1-2H3,(H,16,17). The van der Waals surface area contributed by atoms with E-state index in [2.05, 4.69) is 0 Å². The van der Waals surface area contributed by atoms with Crippen molar-refractivity contribution in [1.29, 1.82) is 0 Å². The average Bonchev–Trinajstić information content (AvgIpc) is 2.35. The highest BCUT2D eigenvalue weighted by atomic mass is 19.1. The van der Waals surface area contributed by atoms with Crippen molar-refractivity contribution in [1.82, 2.24) is 0 Å². The van der Waals surface area contributed by atoms with Crippen molar-refractivity contribution in [2.24, 2.45) is 0 Å². The topological polar surface area (TPSA) is 83.7 Å². The summed E-state index contributed by atoms with van der Waals surface area (Å²) in [5.74, 6) is -2.23. The van der Waals surface area contributed by atoms with Crippen LogP contribution in [0.15, 0.2) is 12.1 Å². The van der Waals surface area contributed by atoms with Crippen LogP contribution in [0.1, 0.15) is 30.6 Å². The number of carbonyl (C=O) groups is 1. The van der Waals surface area contributed by atoms with E-state index in [0.29, 0.717) is 19.2 Å². The minimum Gasteiger partial charge on any atom is -0.477 e. The number of carboxylic acids is 1. The molecule has 1 N–H and O–H groups in total. The summed E-state index contributed by atoms with van der Waals surface area (Å²) >= 11 is 0. The van der Waals surface area contributed by atoms with Crippen LogP contribution >= 0.6 is 0 Å². The lowest BCUT2D eigenvalue weighted by Crippen LogP contribution is -2.25. The molecule has 0 heterocycles. The Labute approximate surface area is 109 Å². The van der Waals surface area contributed by atoms with Crippen molar-refractivity contribution in [2.75, 3.05) is 18.0 Å². The maximum absolute atomic E-state index is 13.9. The number of halogens is 1. The van der Waals surface area contributed by atoms with Crippen molar-refractivity contribution in [3.63, 3.8) is 0 Å². The fourth-order valence-corrected chi connectivity index (χ4v) is 1.83. The molecule has 0 saturated heterocycles. The second-order valence-electron chi connectivity index (χ2n) is 3.96. The predicted molar refractivity (Wildman–Crippen MR) is 68.2 cm³/mol. The van der Waals surface area contributed by atoms with Gasteiger partial charge < -0.3 is 10.0 Å². The highest BCUT2D eigenvalue weighted by molar-refractivity contribution is 5.93. The first-order chi connectivity index (χ1) is 8.92. The summed E-state index contributed by atoms with van der Waals surface area (Å²) in [6.45, 7) is 4.74. The Hall–Kier alpha value is -2.18. The van der Waals surface area contributed by atoms with Crippen LogP contribution < -0.4 is 4.90 Å². The van der Waals surface area contributed by atoms with Crippen molar-refractivity contribution in [3.8, 4) is 0 Å². The molecule has 19 heavy (non-hydrogen) atoms. The molecule has 0 unspecified atom stereocenters. The van der Waals surface area contributed by atoms with E-state index in [4.69, 9.17) is 5.11 Å². The molecule has 0 aliphatic carbocycles. The number of anilines is 1. The van der Waals surface area contributed by atoms with Crippen molar-refractivity contribution in [3.05, 3.63) is 33.6 Å². The zero-order valence-electron chi connectivity index (χ0n) is 10.7. The largest absolute Gasteiger partial charge is 0.477 e. The van der Waals surface area contributed by atoms with Crippen LogP contribution in [0.25, 0.3) is 0 Å². The number of carboxylic acid groups (broad SMARTS) is 1. The van der Waals surface area contributed by atoms with Crippen LogP contribution in [0.5, 0.6) is 0 Å². The van der Waals surface area contributed by atoms with Gasteiger partial charge in [0.15, 0.2) is 5.82 Å². The van der Waals surface area contributed by atoms with E-state index in [0.717, 1.165) is 12.5 Å². The van der Waals surface area contributed by atoms with Gasteiger partial charge in [0, 0.05) is 13.1 Å². The minimum absolute atomic E-state index is 0.0763. The van der Waals surface area contributed by atoms with Gasteiger partial charge in [-0.3, -0.25) is 10.1 Å². The molecular formula is C12H15FN2O4. The van der Waals surface area contributed by atoms with E-state index in [1.165, 1.54) is 0 Å². The Bertz CT molecular complexity index is 505. The summed E-state index contributed by atoms with van der Waals surface area (Å²) in [6, 6.07) is 1.69. The molecule has 0 radical (unpaired) electrons. The van der Waals surface area contributed by atoms with Gasteiger partial charge in [-0.25, -0.2) is 9.18 Å². The van der Waals surface area contributed by atoms with Crippen LogP contribution in [0.4, 0.5) is 15.8 Å². The lowest BCUT2D eigenvalue weighted by molar-refractivity contribution is -0.385. The summed E-state index contributed by atoms with van der Waals surface area (Å²) in [5, 5.41) is 19.7. The molecule has 1 rings (SSSR count). The molecular weight excluding hydrogens is 255 g/mol. The third-order valence-electron chi connectivity index (χ3n) is 2.71. The summed E-state index contributed by atoms with van der Waals surface area (Å²) in [7, 11) is 0. The van der Waals surface area contributed by atoms with E-state index in [9.17, 15) is 19.3 Å². The molecule has 0 amide bonds. The van der Waals surface area contributed by atoms with E-state index >= 15 is 0 Å². The van der Waals surface area contributed by atoms with E-state index in [1.54, 1.807) is 11.8 Å². The molecule has 1 aromatic carbocycles. The van der Waals surface area contributed by atoms with Gasteiger partial charge in [-0.2, -0.15) is 0 Å². The minimum atomic E-state index is -1.44. The fraction of sp³-hybridized carbons (Fsp3) is 0.417. The van der Waals surface area contributed by atoms with Gasteiger partial charge in [0.05, 0.1) is 16.7 Å². The quantitative estimate of drug-likeness (QED) is 0.634. The fourth-order valence-electron chi connectivity index (χ4n) is 1.83. The highest BCUT2D eigenvalue weighted by Gasteiger charge is 2.24. The second kappa shape index (κ2) is 6.12. The molecule has 0 spiro atoms. The van der Waals surface area contributed by atoms with Crippen LogP contribution in [-0.2, 0) is 0 Å². The number of nitrogens with zero attached hydrogens (tertiary/aromatic N) is 2. The van der Waals surface area contributed by atoms with Crippen molar-refractivity contribution in [2.45, 2.75) is 20.3 Å². The molecule has 6 nitrogen and oxygen atoms in total. The molecule has 0 aliphatic heterocycles. The molecule has 104 valence electrons. The molecule has 7 heteroatoms. The summed E-state index contributed by atoms with van der Waals surface area (Å²) < 4.78 is 13.9. The number of nitro benzene ring substituents is 1. The van der Waals surface area contributed by atoms with E-state index in [-0.39, 0.29) is 5.69 Å². The Balaban J connectivity index is 3.39. The average molecular weight is 270 g/mol. The van der Waals surface area contributed by atoms with Gasteiger partial charge in [-0.05, 0) is 19.4 Å². The maximum atomic E-state index is 13.9. The monoisotopic (exact) mass is 270 g/mol. The van der Waals surface area contributed by atoms with Crippen LogP contribution in [0, 0.1) is 15.9 Å². The number of benzene rings is 1. The number of hydrogen-bond acceptors (Lipinski definition) is 4. The van der Waals surface area contributed by atoms with Gasteiger partial charge >= 0.3 is 5.97 Å². The van der Waals surface area contributed by atoms with Crippen molar-refractivity contribution < 1.29 is 19.2 Å². The van der Waals surface area contributed by atoms with Gasteiger partial charge in [-0.15, -0.1) is 0 Å². The predicted octanol–water partition coefficient (Wildman–Crippen LogP) is 2.67. The molecule has 0 fully saturated rings. The smallest absolute Gasteiger partial charge is 0.342 e. The second-order valence-corrected chi connectivity index (χ2v) is 3.96. The molecule has 0 saturated carbocycles. The van der Waals surface area contributed by atoms with Gasteiger partial charge in [0.25, 0.3) is 5.69 Å². The Kier molecular flexibility index (Phi) is 4.80. The number of aromatic carboxylic acids is 1. The van der Waals surface area contributed by atoms with Crippen LogP contribution in [0.2, 0.25) is 0 Å². The Morgan fingerprint density at radius 2 is 2.11 bits per heavy atom. The highest BCUT2D eigenvalue weighted by Crippen LogP contribution is 2.28. The molecule has 0 atom stereocenters. The van der Waals surface area contributed by atoms with Crippen molar-refractivity contribution >= 4 is 17.3 Å². The number of nitro groups is 1. The first kappa shape index (κ1) is 14.9. The van der Waals surface area contributed by atoms with Crippen LogP contribution in [-0.4, -0.2) is 29.1 Å². The zero-order chi connectivity index (χ0) is 14.6. The van der Waals surface area contributed by atoms with Gasteiger partial charge in [0.1, 0.15) is 5.56 Å². The summed E-state index contributed by atoms with van der Waals surface area (Å²) in [5.41, 5.74) is -1.16. The summed E-state index contributed by atoms with van der Waals surface area (Å²) in [6.07, 6.45) is 0.757. The zero-order valence-corrected chi connectivity index (χ0v) is 10.7. The first-order valence-electron chi connectivity index (χ1n) is 5.88. The molecule has 0 aromatic heterocycles. The Morgan fingerprint density at radius 3 is 2.53 bits per heavy atom. The molecule has 0 aliphatic rings. The van der Waals surface area contributed by atoms with E-state index in [1.807, 2.05) is 6.92 Å².